The van der Waals surface area contributed by atoms with Gasteiger partial charge in [0.15, 0.2) is 0 Å². The summed E-state index contributed by atoms with van der Waals surface area (Å²) < 4.78 is 5.19. The maximum Gasteiger partial charge on any atom is 0.325 e. The number of ether oxygens (including phenoxy) is 1. The van der Waals surface area contributed by atoms with E-state index in [2.05, 4.69) is 48.4 Å². The van der Waals surface area contributed by atoms with Crippen molar-refractivity contribution in [3.05, 3.63) is 63.3 Å². The first-order valence-corrected chi connectivity index (χ1v) is 10.3. The van der Waals surface area contributed by atoms with E-state index in [0.29, 0.717) is 16.5 Å². The summed E-state index contributed by atoms with van der Waals surface area (Å²) in [5, 5.41) is 7.12. The highest BCUT2D eigenvalue weighted by Gasteiger charge is 2.11. The van der Waals surface area contributed by atoms with Crippen molar-refractivity contribution in [2.45, 2.75) is 26.4 Å². The van der Waals surface area contributed by atoms with Gasteiger partial charge in [-0.15, -0.1) is 22.7 Å². The zero-order valence-corrected chi connectivity index (χ0v) is 16.7. The van der Waals surface area contributed by atoms with Crippen LogP contribution in [0, 0.1) is 0 Å². The number of amides is 1. The molecule has 27 heavy (non-hydrogen) atoms. The summed E-state index contributed by atoms with van der Waals surface area (Å²) in [6.07, 6.45) is 0. The number of carbonyl (C=O) groups is 2. The molecule has 0 aliphatic heterocycles. The maximum absolute atomic E-state index is 11.8. The van der Waals surface area contributed by atoms with Crippen LogP contribution in [0.5, 0.6) is 0 Å². The van der Waals surface area contributed by atoms with Gasteiger partial charge in [0.25, 0.3) is 5.91 Å². The van der Waals surface area contributed by atoms with E-state index in [4.69, 9.17) is 4.74 Å². The Hall–Kier alpha value is -2.51. The van der Waals surface area contributed by atoms with Gasteiger partial charge >= 0.3 is 5.97 Å². The quantitative estimate of drug-likeness (QED) is 0.594. The number of carbonyl (C=O) groups excluding carboxylic acids is 2. The largest absolute Gasteiger partial charge is 0.458 e. The lowest BCUT2D eigenvalue weighted by Gasteiger charge is -2.05. The number of nitrogens with one attached hydrogen (secondary N) is 1. The highest BCUT2D eigenvalue weighted by molar-refractivity contribution is 7.13. The number of nitrogens with zero attached hydrogens (tertiary/aromatic N) is 1. The molecule has 0 atom stereocenters. The van der Waals surface area contributed by atoms with Crippen LogP contribution in [0.4, 0.5) is 0 Å². The molecule has 140 valence electrons. The molecule has 0 saturated heterocycles. The van der Waals surface area contributed by atoms with Gasteiger partial charge in [-0.05, 0) is 22.9 Å². The van der Waals surface area contributed by atoms with E-state index in [1.54, 1.807) is 12.1 Å². The van der Waals surface area contributed by atoms with Crippen LogP contribution in [0.3, 0.4) is 0 Å². The van der Waals surface area contributed by atoms with E-state index in [9.17, 15) is 9.59 Å². The number of hydrogen-bond donors (Lipinski definition) is 1. The van der Waals surface area contributed by atoms with Crippen molar-refractivity contribution < 1.29 is 14.3 Å². The second kappa shape index (κ2) is 8.92. The normalized spacial score (nSPS) is 10.8. The Kier molecular flexibility index (Phi) is 6.36. The highest BCUT2D eigenvalue weighted by atomic mass is 32.1. The molecule has 0 radical (unpaired) electrons. The molecule has 3 aromatic rings. The van der Waals surface area contributed by atoms with Crippen LogP contribution >= 0.6 is 22.7 Å². The van der Waals surface area contributed by atoms with Crippen molar-refractivity contribution >= 4 is 34.6 Å². The van der Waals surface area contributed by atoms with Crippen molar-refractivity contribution in [1.82, 2.24) is 10.3 Å². The summed E-state index contributed by atoms with van der Waals surface area (Å²) in [5.41, 5.74) is 3.03. The first-order valence-electron chi connectivity index (χ1n) is 8.55. The number of esters is 1. The van der Waals surface area contributed by atoms with Crippen molar-refractivity contribution in [3.8, 4) is 10.6 Å². The van der Waals surface area contributed by atoms with Crippen molar-refractivity contribution in [3.63, 3.8) is 0 Å². The van der Waals surface area contributed by atoms with Gasteiger partial charge in [-0.1, -0.05) is 44.2 Å². The second-order valence-electron chi connectivity index (χ2n) is 6.24. The van der Waals surface area contributed by atoms with Gasteiger partial charge in [0, 0.05) is 10.9 Å². The van der Waals surface area contributed by atoms with Gasteiger partial charge in [-0.3, -0.25) is 9.59 Å². The summed E-state index contributed by atoms with van der Waals surface area (Å²) in [7, 11) is 0. The lowest BCUT2D eigenvalue weighted by molar-refractivity contribution is -0.143. The van der Waals surface area contributed by atoms with E-state index in [1.807, 2.05) is 10.8 Å². The maximum atomic E-state index is 11.8. The zero-order valence-electron chi connectivity index (χ0n) is 15.1. The second-order valence-corrected chi connectivity index (χ2v) is 8.05. The SMILES string of the molecule is CC(C)c1ccc(-c2nc(COC(=O)CNC(=O)c3cccs3)cs2)cc1. The third-order valence-corrected chi connectivity index (χ3v) is 5.70. The molecule has 0 spiro atoms. The fourth-order valence-electron chi connectivity index (χ4n) is 2.37. The average molecular weight is 401 g/mol. The molecule has 0 unspecified atom stereocenters. The molecule has 0 fully saturated rings. The van der Waals surface area contributed by atoms with Gasteiger partial charge in [0.05, 0.1) is 10.6 Å². The van der Waals surface area contributed by atoms with E-state index in [1.165, 1.54) is 28.2 Å². The fourth-order valence-corrected chi connectivity index (χ4v) is 3.82. The molecule has 0 saturated carbocycles. The summed E-state index contributed by atoms with van der Waals surface area (Å²) in [4.78, 5) is 28.7. The Morgan fingerprint density at radius 2 is 1.93 bits per heavy atom. The zero-order chi connectivity index (χ0) is 19.2. The van der Waals surface area contributed by atoms with Gasteiger partial charge in [0.1, 0.15) is 18.2 Å². The molecule has 1 aromatic carbocycles. The molecular formula is C20H20N2O3S2. The molecule has 1 amide bonds. The van der Waals surface area contributed by atoms with Crippen molar-refractivity contribution in [2.75, 3.05) is 6.54 Å². The first kappa shape index (κ1) is 19.3. The topological polar surface area (TPSA) is 68.3 Å². The number of thiazole rings is 1. The van der Waals surface area contributed by atoms with Crippen LogP contribution in [0.25, 0.3) is 10.6 Å². The van der Waals surface area contributed by atoms with Crippen LogP contribution in [-0.4, -0.2) is 23.4 Å². The number of hydrogen-bond acceptors (Lipinski definition) is 6. The molecule has 3 rings (SSSR count). The Labute approximate surface area is 166 Å². The minimum atomic E-state index is -0.490. The van der Waals surface area contributed by atoms with E-state index < -0.39 is 5.97 Å². The van der Waals surface area contributed by atoms with Crippen LogP contribution in [-0.2, 0) is 16.1 Å². The number of thiophene rings is 1. The van der Waals surface area contributed by atoms with Crippen LogP contribution in [0.15, 0.2) is 47.2 Å². The van der Waals surface area contributed by atoms with Gasteiger partial charge < -0.3 is 10.1 Å². The minimum Gasteiger partial charge on any atom is -0.458 e. The fraction of sp³-hybridized carbons (Fsp3) is 0.250. The van der Waals surface area contributed by atoms with E-state index in [-0.39, 0.29) is 19.1 Å². The van der Waals surface area contributed by atoms with E-state index >= 15 is 0 Å². The summed E-state index contributed by atoms with van der Waals surface area (Å²) in [5.74, 6) is -0.274. The Morgan fingerprint density at radius 1 is 1.15 bits per heavy atom. The van der Waals surface area contributed by atoms with Gasteiger partial charge in [-0.2, -0.15) is 0 Å². The third kappa shape index (κ3) is 5.24. The lowest BCUT2D eigenvalue weighted by Crippen LogP contribution is -2.30. The average Bonchev–Trinajstić information content (AvgIpc) is 3.36. The minimum absolute atomic E-state index is 0.0916. The molecule has 7 heteroatoms. The van der Waals surface area contributed by atoms with Crippen LogP contribution < -0.4 is 5.32 Å². The highest BCUT2D eigenvalue weighted by Crippen LogP contribution is 2.26. The molecule has 0 bridgehead atoms. The first-order chi connectivity index (χ1) is 13.0. The van der Waals surface area contributed by atoms with Gasteiger partial charge in [-0.25, -0.2) is 4.98 Å². The Balaban J connectivity index is 1.49. The predicted octanol–water partition coefficient (Wildman–Crippen LogP) is 4.47. The Morgan fingerprint density at radius 3 is 2.59 bits per heavy atom. The number of rotatable bonds is 7. The summed E-state index contributed by atoms with van der Waals surface area (Å²) >= 11 is 2.84. The Bertz CT molecular complexity index is 900. The molecule has 0 aliphatic rings. The molecular weight excluding hydrogens is 380 g/mol. The smallest absolute Gasteiger partial charge is 0.325 e. The molecule has 5 nitrogen and oxygen atoms in total. The molecule has 2 aromatic heterocycles. The third-order valence-electron chi connectivity index (χ3n) is 3.90. The number of benzene rings is 1. The standard InChI is InChI=1S/C20H20N2O3S2/c1-13(2)14-5-7-15(8-6-14)20-22-16(12-27-20)11-25-18(23)10-21-19(24)17-4-3-9-26-17/h3-9,12-13H,10-11H2,1-2H3,(H,21,24). The lowest BCUT2D eigenvalue weighted by atomic mass is 10.0. The molecule has 0 aliphatic carbocycles. The molecule has 1 N–H and O–H groups in total. The monoisotopic (exact) mass is 400 g/mol. The number of aromatic nitrogens is 1. The summed E-state index contributed by atoms with van der Waals surface area (Å²) in [6.45, 7) is 4.25. The predicted molar refractivity (Wildman–Crippen MR) is 108 cm³/mol. The molecule has 2 heterocycles. The van der Waals surface area contributed by atoms with Crippen LogP contribution in [0.2, 0.25) is 0 Å². The van der Waals surface area contributed by atoms with Crippen LogP contribution in [0.1, 0.15) is 40.7 Å². The van der Waals surface area contributed by atoms with E-state index in [0.717, 1.165) is 10.6 Å². The van der Waals surface area contributed by atoms with Crippen molar-refractivity contribution in [2.24, 2.45) is 0 Å². The summed E-state index contributed by atoms with van der Waals surface area (Å²) in [6, 6.07) is 11.8. The van der Waals surface area contributed by atoms with Crippen molar-refractivity contribution in [1.29, 1.82) is 0 Å². The van der Waals surface area contributed by atoms with Gasteiger partial charge in [0.2, 0.25) is 0 Å².